The lowest BCUT2D eigenvalue weighted by molar-refractivity contribution is -0.130. The van der Waals surface area contributed by atoms with Crippen LogP contribution in [-0.2, 0) is 10.2 Å². The van der Waals surface area contributed by atoms with Crippen molar-refractivity contribution in [3.63, 3.8) is 0 Å². The van der Waals surface area contributed by atoms with Crippen LogP contribution >= 0.6 is 11.3 Å². The number of hydrogen-bond donors (Lipinski definition) is 2. The van der Waals surface area contributed by atoms with Crippen LogP contribution in [0.2, 0.25) is 0 Å². The molecule has 1 aromatic carbocycles. The number of nitrogens with zero attached hydrogens (tertiary/aromatic N) is 3. The van der Waals surface area contributed by atoms with E-state index >= 15 is 0 Å². The number of guanidine groups is 1. The van der Waals surface area contributed by atoms with Crippen LogP contribution < -0.4 is 15.5 Å². The van der Waals surface area contributed by atoms with Crippen LogP contribution in [0, 0.1) is 0 Å². The third-order valence-corrected chi connectivity index (χ3v) is 6.51. The summed E-state index contributed by atoms with van der Waals surface area (Å²) in [6.07, 6.45) is 0. The maximum absolute atomic E-state index is 12.6. The topological polar surface area (TPSA) is 60.0 Å². The van der Waals surface area contributed by atoms with E-state index in [2.05, 4.69) is 76.2 Å². The molecule has 156 valence electrons. The van der Waals surface area contributed by atoms with Crippen LogP contribution in [0.5, 0.6) is 0 Å². The Kier molecular flexibility index (Phi) is 7.14. The Bertz CT molecular complexity index is 796. The number of piperazine rings is 1. The number of amides is 1. The van der Waals surface area contributed by atoms with Gasteiger partial charge in [-0.15, -0.1) is 11.3 Å². The molecule has 0 atom stereocenters. The SMILES string of the molecule is CN=C(NCC(=O)N1CCN(c2ccccc2)CC1)NCC(C)(C)c1cccs1. The average Bonchev–Trinajstić information content (AvgIpc) is 3.30. The highest BCUT2D eigenvalue weighted by molar-refractivity contribution is 7.10. The lowest BCUT2D eigenvalue weighted by Gasteiger charge is -2.36. The Morgan fingerprint density at radius 1 is 1.07 bits per heavy atom. The second kappa shape index (κ2) is 9.78. The molecule has 2 aromatic rings. The van der Waals surface area contributed by atoms with Gasteiger partial charge in [-0.25, -0.2) is 0 Å². The average molecular weight is 414 g/mol. The first kappa shape index (κ1) is 21.2. The van der Waals surface area contributed by atoms with Gasteiger partial charge in [0.1, 0.15) is 0 Å². The van der Waals surface area contributed by atoms with E-state index in [1.54, 1.807) is 18.4 Å². The molecule has 0 radical (unpaired) electrons. The summed E-state index contributed by atoms with van der Waals surface area (Å²) in [4.78, 5) is 22.4. The first-order valence-electron chi connectivity index (χ1n) is 10.1. The molecule has 0 aliphatic carbocycles. The van der Waals surface area contributed by atoms with Crippen molar-refractivity contribution >= 4 is 28.9 Å². The fourth-order valence-electron chi connectivity index (χ4n) is 3.40. The quantitative estimate of drug-likeness (QED) is 0.564. The summed E-state index contributed by atoms with van der Waals surface area (Å²) in [6, 6.07) is 14.6. The number of carbonyl (C=O) groups is 1. The number of thiophene rings is 1. The second-order valence-electron chi connectivity index (χ2n) is 7.84. The molecule has 0 saturated carbocycles. The van der Waals surface area contributed by atoms with E-state index in [0.717, 1.165) is 32.7 Å². The summed E-state index contributed by atoms with van der Waals surface area (Å²) >= 11 is 1.76. The molecule has 1 aliphatic rings. The van der Waals surface area contributed by atoms with Crippen molar-refractivity contribution in [3.05, 3.63) is 52.7 Å². The summed E-state index contributed by atoms with van der Waals surface area (Å²) < 4.78 is 0. The molecular weight excluding hydrogens is 382 g/mol. The monoisotopic (exact) mass is 413 g/mol. The zero-order valence-electron chi connectivity index (χ0n) is 17.5. The minimum absolute atomic E-state index is 0.00353. The largest absolute Gasteiger partial charge is 0.368 e. The standard InChI is InChI=1S/C22H31N5OS/c1-22(2,19-10-7-15-29-19)17-25-21(23-3)24-16-20(28)27-13-11-26(12-14-27)18-8-5-4-6-9-18/h4-10,15H,11-14,16-17H2,1-3H3,(H2,23,24,25). The van der Waals surface area contributed by atoms with Gasteiger partial charge in [-0.2, -0.15) is 0 Å². The van der Waals surface area contributed by atoms with E-state index in [9.17, 15) is 4.79 Å². The van der Waals surface area contributed by atoms with Gasteiger partial charge in [-0.1, -0.05) is 38.1 Å². The highest BCUT2D eigenvalue weighted by atomic mass is 32.1. The summed E-state index contributed by atoms with van der Waals surface area (Å²) in [5.74, 6) is 0.768. The molecular formula is C22H31N5OS. The molecule has 1 aromatic heterocycles. The Balaban J connectivity index is 1.42. The van der Waals surface area contributed by atoms with Crippen molar-refractivity contribution in [1.29, 1.82) is 0 Å². The Morgan fingerprint density at radius 3 is 2.41 bits per heavy atom. The summed E-state index contributed by atoms with van der Waals surface area (Å²) in [5.41, 5.74) is 1.22. The predicted molar refractivity (Wildman–Crippen MR) is 122 cm³/mol. The van der Waals surface area contributed by atoms with Crippen LogP contribution in [0.4, 0.5) is 5.69 Å². The maximum Gasteiger partial charge on any atom is 0.242 e. The van der Waals surface area contributed by atoms with E-state index < -0.39 is 0 Å². The van der Waals surface area contributed by atoms with Gasteiger partial charge in [0.05, 0.1) is 6.54 Å². The molecule has 6 nitrogen and oxygen atoms in total. The summed E-state index contributed by atoms with van der Waals surface area (Å²) in [7, 11) is 1.73. The third-order valence-electron chi connectivity index (χ3n) is 5.27. The highest BCUT2D eigenvalue weighted by Gasteiger charge is 2.23. The van der Waals surface area contributed by atoms with E-state index in [0.29, 0.717) is 5.96 Å². The zero-order chi connectivity index (χ0) is 20.7. The van der Waals surface area contributed by atoms with Crippen molar-refractivity contribution in [2.45, 2.75) is 19.3 Å². The fraction of sp³-hybridized carbons (Fsp3) is 0.455. The molecule has 3 rings (SSSR count). The molecule has 29 heavy (non-hydrogen) atoms. The summed E-state index contributed by atoms with van der Waals surface area (Å²) in [6.45, 7) is 8.61. The minimum atomic E-state index is 0.00353. The van der Waals surface area contributed by atoms with Gasteiger partial charge in [0.15, 0.2) is 5.96 Å². The number of carbonyl (C=O) groups excluding carboxylic acids is 1. The molecule has 1 saturated heterocycles. The van der Waals surface area contributed by atoms with Gasteiger partial charge >= 0.3 is 0 Å². The number of nitrogens with one attached hydrogen (secondary N) is 2. The predicted octanol–water partition coefficient (Wildman–Crippen LogP) is 2.54. The van der Waals surface area contributed by atoms with Gasteiger partial charge < -0.3 is 20.4 Å². The normalized spacial score (nSPS) is 15.3. The second-order valence-corrected chi connectivity index (χ2v) is 8.79. The van der Waals surface area contributed by atoms with Crippen molar-refractivity contribution < 1.29 is 4.79 Å². The number of rotatable bonds is 6. The van der Waals surface area contributed by atoms with Crippen LogP contribution in [0.15, 0.2) is 52.8 Å². The molecule has 0 spiro atoms. The number of aliphatic imine (C=N–C) groups is 1. The van der Waals surface area contributed by atoms with E-state index in [1.165, 1.54) is 10.6 Å². The van der Waals surface area contributed by atoms with E-state index in [1.807, 2.05) is 11.0 Å². The molecule has 7 heteroatoms. The van der Waals surface area contributed by atoms with E-state index in [4.69, 9.17) is 0 Å². The number of para-hydroxylation sites is 1. The molecule has 2 heterocycles. The molecule has 0 unspecified atom stereocenters. The Morgan fingerprint density at radius 2 is 1.79 bits per heavy atom. The number of anilines is 1. The van der Waals surface area contributed by atoms with Crippen LogP contribution in [0.3, 0.4) is 0 Å². The van der Waals surface area contributed by atoms with Crippen molar-refractivity contribution in [1.82, 2.24) is 15.5 Å². The molecule has 2 N–H and O–H groups in total. The lowest BCUT2D eigenvalue weighted by Crippen LogP contribution is -2.52. The molecule has 1 fully saturated rings. The lowest BCUT2D eigenvalue weighted by atomic mass is 9.91. The maximum atomic E-state index is 12.6. The Labute approximate surface area is 177 Å². The highest BCUT2D eigenvalue weighted by Crippen LogP contribution is 2.26. The van der Waals surface area contributed by atoms with Gasteiger partial charge in [0.2, 0.25) is 5.91 Å². The van der Waals surface area contributed by atoms with Gasteiger partial charge in [0, 0.05) is 55.8 Å². The van der Waals surface area contributed by atoms with Gasteiger partial charge in [-0.05, 0) is 23.6 Å². The van der Waals surface area contributed by atoms with Crippen LogP contribution in [0.25, 0.3) is 0 Å². The minimum Gasteiger partial charge on any atom is -0.368 e. The van der Waals surface area contributed by atoms with Crippen molar-refractivity contribution in [2.24, 2.45) is 4.99 Å². The first-order chi connectivity index (χ1) is 14.0. The number of hydrogen-bond acceptors (Lipinski definition) is 4. The fourth-order valence-corrected chi connectivity index (χ4v) is 4.25. The zero-order valence-corrected chi connectivity index (χ0v) is 18.3. The summed E-state index contributed by atoms with van der Waals surface area (Å²) in [5, 5.41) is 8.61. The molecule has 1 amide bonds. The van der Waals surface area contributed by atoms with Crippen molar-refractivity contribution in [2.75, 3.05) is 51.2 Å². The van der Waals surface area contributed by atoms with Gasteiger partial charge in [0.25, 0.3) is 0 Å². The van der Waals surface area contributed by atoms with Crippen LogP contribution in [-0.4, -0.2) is 63.1 Å². The van der Waals surface area contributed by atoms with Crippen LogP contribution in [0.1, 0.15) is 18.7 Å². The third kappa shape index (κ3) is 5.73. The smallest absolute Gasteiger partial charge is 0.242 e. The van der Waals surface area contributed by atoms with Gasteiger partial charge in [-0.3, -0.25) is 9.79 Å². The first-order valence-corrected chi connectivity index (χ1v) is 10.9. The van der Waals surface area contributed by atoms with E-state index in [-0.39, 0.29) is 17.9 Å². The number of benzene rings is 1. The molecule has 0 bridgehead atoms. The molecule has 1 aliphatic heterocycles. The Hall–Kier alpha value is -2.54. The van der Waals surface area contributed by atoms with Crippen molar-refractivity contribution in [3.8, 4) is 0 Å².